The highest BCUT2D eigenvalue weighted by atomic mass is 32.1. The van der Waals surface area contributed by atoms with Crippen molar-refractivity contribution < 1.29 is 0 Å². The van der Waals surface area contributed by atoms with Crippen LogP contribution in [0.5, 0.6) is 0 Å². The molecule has 0 bridgehead atoms. The summed E-state index contributed by atoms with van der Waals surface area (Å²) in [5.41, 5.74) is 11.4. The molecule has 224 valence electrons. The van der Waals surface area contributed by atoms with Gasteiger partial charge in [-0.3, -0.25) is 9.97 Å². The molecule has 0 aliphatic carbocycles. The Bertz CT molecular complexity index is 2830. The van der Waals surface area contributed by atoms with Crippen LogP contribution in [0.1, 0.15) is 0 Å². The van der Waals surface area contributed by atoms with Gasteiger partial charge in [0.2, 0.25) is 0 Å². The van der Waals surface area contributed by atoms with Crippen LogP contribution in [0.2, 0.25) is 0 Å². The van der Waals surface area contributed by atoms with Gasteiger partial charge in [-0.1, -0.05) is 115 Å². The van der Waals surface area contributed by atoms with Gasteiger partial charge in [0, 0.05) is 65.7 Å². The van der Waals surface area contributed by atoms with Crippen molar-refractivity contribution in [2.45, 2.75) is 0 Å². The Kier molecular flexibility index (Phi) is 6.05. The third kappa shape index (κ3) is 4.13. The van der Waals surface area contributed by atoms with Crippen LogP contribution in [-0.2, 0) is 0 Å². The Morgan fingerprint density at radius 2 is 1.23 bits per heavy atom. The lowest BCUT2D eigenvalue weighted by Gasteiger charge is -2.11. The number of benzene rings is 6. The molecule has 0 atom stereocenters. The van der Waals surface area contributed by atoms with E-state index in [9.17, 15) is 0 Å². The lowest BCUT2D eigenvalue weighted by atomic mass is 9.98. The summed E-state index contributed by atoms with van der Waals surface area (Å²) < 4.78 is 3.74. The van der Waals surface area contributed by atoms with E-state index < -0.39 is 0 Å². The van der Waals surface area contributed by atoms with E-state index in [2.05, 4.69) is 155 Å². The van der Waals surface area contributed by atoms with Crippen molar-refractivity contribution in [2.75, 3.05) is 0 Å². The second kappa shape index (κ2) is 10.7. The van der Waals surface area contributed by atoms with E-state index in [1.165, 1.54) is 53.5 Å². The number of hydrogen-bond acceptors (Lipinski definition) is 3. The molecule has 0 radical (unpaired) electrons. The molecule has 0 amide bonds. The first-order valence-electron chi connectivity index (χ1n) is 16.2. The van der Waals surface area contributed by atoms with Gasteiger partial charge >= 0.3 is 0 Å². The largest absolute Gasteiger partial charge is 0.309 e. The second-order valence-corrected chi connectivity index (χ2v) is 13.2. The minimum Gasteiger partial charge on any atom is -0.309 e. The highest BCUT2D eigenvalue weighted by Crippen LogP contribution is 2.49. The molecule has 10 aromatic rings. The molecule has 10 rings (SSSR count). The van der Waals surface area contributed by atoms with Crippen LogP contribution >= 0.6 is 11.3 Å². The molecule has 4 aromatic heterocycles. The number of rotatable bonds is 4. The minimum absolute atomic E-state index is 0.931. The molecular weight excluding hydrogens is 603 g/mol. The summed E-state index contributed by atoms with van der Waals surface area (Å²) in [6, 6.07) is 54.5. The van der Waals surface area contributed by atoms with E-state index in [4.69, 9.17) is 4.98 Å². The quantitative estimate of drug-likeness (QED) is 0.181. The number of thiophene rings is 1. The molecule has 48 heavy (non-hydrogen) atoms. The van der Waals surface area contributed by atoms with Crippen LogP contribution in [0.25, 0.3) is 92.1 Å². The summed E-state index contributed by atoms with van der Waals surface area (Å²) in [4.78, 5) is 10.8. The molecule has 0 spiro atoms. The summed E-state index contributed by atoms with van der Waals surface area (Å²) in [6.45, 7) is 0. The fourth-order valence-electron chi connectivity index (χ4n) is 7.29. The summed E-state index contributed by atoms with van der Waals surface area (Å²) in [7, 11) is 0. The Morgan fingerprint density at radius 3 is 2.10 bits per heavy atom. The number of pyridine rings is 2. The van der Waals surface area contributed by atoms with E-state index in [-0.39, 0.29) is 0 Å². The number of aromatic nitrogens is 3. The Morgan fingerprint density at radius 1 is 0.479 bits per heavy atom. The molecule has 6 aromatic carbocycles. The first-order chi connectivity index (χ1) is 23.8. The zero-order valence-electron chi connectivity index (χ0n) is 25.8. The van der Waals surface area contributed by atoms with Crippen LogP contribution in [0.15, 0.2) is 164 Å². The lowest BCUT2D eigenvalue weighted by molar-refractivity contribution is 1.18. The maximum atomic E-state index is 4.90. The van der Waals surface area contributed by atoms with Crippen LogP contribution in [0.4, 0.5) is 0 Å². The highest BCUT2D eigenvalue weighted by molar-refractivity contribution is 7.24. The van der Waals surface area contributed by atoms with Crippen molar-refractivity contribution in [3.05, 3.63) is 164 Å². The zero-order chi connectivity index (χ0) is 31.6. The van der Waals surface area contributed by atoms with Gasteiger partial charge in [-0.2, -0.15) is 0 Å². The topological polar surface area (TPSA) is 30.7 Å². The van der Waals surface area contributed by atoms with Gasteiger partial charge in [0.15, 0.2) is 0 Å². The van der Waals surface area contributed by atoms with Crippen LogP contribution in [0, 0.1) is 0 Å². The van der Waals surface area contributed by atoms with E-state index >= 15 is 0 Å². The molecule has 0 aliphatic heterocycles. The van der Waals surface area contributed by atoms with E-state index in [0.29, 0.717) is 0 Å². The Balaban J connectivity index is 1.20. The van der Waals surface area contributed by atoms with Gasteiger partial charge in [-0.25, -0.2) is 0 Å². The summed E-state index contributed by atoms with van der Waals surface area (Å²) in [6.07, 6.45) is 3.81. The Labute approximate surface area is 281 Å². The molecular formula is C44H27N3S. The fourth-order valence-corrected chi connectivity index (χ4v) is 8.67. The van der Waals surface area contributed by atoms with Crippen LogP contribution in [0.3, 0.4) is 0 Å². The molecule has 0 fully saturated rings. The molecule has 0 N–H and O–H groups in total. The van der Waals surface area contributed by atoms with Crippen molar-refractivity contribution in [1.29, 1.82) is 0 Å². The third-order valence-electron chi connectivity index (χ3n) is 9.45. The predicted octanol–water partition coefficient (Wildman–Crippen LogP) is 12.1. The Hall–Kier alpha value is -6.10. The van der Waals surface area contributed by atoms with Gasteiger partial charge in [0.1, 0.15) is 0 Å². The number of para-hydroxylation sites is 1. The monoisotopic (exact) mass is 629 g/mol. The van der Waals surface area contributed by atoms with Crippen molar-refractivity contribution in [1.82, 2.24) is 14.5 Å². The standard InChI is InChI=1S/C44H27N3S/c1-3-11-28(12-4-1)39-36-22-23-38-40(44(36)48-43(39)30-13-5-2-6-14-30)35-18-7-8-19-37(35)47(38)34-17-9-15-31(26-34)33-25-32-21-20-29-16-10-24-45-41(29)42(32)46-27-33/h1-27H. The molecule has 4 heteroatoms. The fraction of sp³-hybridized carbons (Fsp3) is 0. The van der Waals surface area contributed by atoms with E-state index in [1.54, 1.807) is 0 Å². The van der Waals surface area contributed by atoms with Gasteiger partial charge in [0.25, 0.3) is 0 Å². The van der Waals surface area contributed by atoms with Gasteiger partial charge in [-0.05, 0) is 53.1 Å². The van der Waals surface area contributed by atoms with Crippen LogP contribution < -0.4 is 0 Å². The van der Waals surface area contributed by atoms with Gasteiger partial charge in [-0.15, -0.1) is 11.3 Å². The highest BCUT2D eigenvalue weighted by Gasteiger charge is 2.21. The normalized spacial score (nSPS) is 11.8. The molecule has 0 saturated heterocycles. The number of nitrogens with zero attached hydrogens (tertiary/aromatic N) is 3. The molecule has 0 saturated carbocycles. The first kappa shape index (κ1) is 27.1. The SMILES string of the molecule is c1ccc(-c2sc3c(ccc4c3c3ccccc3n4-c3cccc(-c4cnc5c(ccc6cccnc65)c4)c3)c2-c2ccccc2)cc1. The summed E-state index contributed by atoms with van der Waals surface area (Å²) in [5, 5.41) is 6.04. The summed E-state index contributed by atoms with van der Waals surface area (Å²) in [5.74, 6) is 0. The zero-order valence-corrected chi connectivity index (χ0v) is 26.7. The second-order valence-electron chi connectivity index (χ2n) is 12.2. The smallest absolute Gasteiger partial charge is 0.0964 e. The average Bonchev–Trinajstić information content (AvgIpc) is 3.72. The van der Waals surface area contributed by atoms with Crippen LogP contribution in [-0.4, -0.2) is 14.5 Å². The van der Waals surface area contributed by atoms with Gasteiger partial charge in [0.05, 0.1) is 22.1 Å². The van der Waals surface area contributed by atoms with Crippen molar-refractivity contribution in [3.8, 4) is 38.4 Å². The average molecular weight is 630 g/mol. The van der Waals surface area contributed by atoms with Crippen molar-refractivity contribution >= 4 is 65.0 Å². The third-order valence-corrected chi connectivity index (χ3v) is 10.7. The number of fused-ring (bicyclic) bond motifs is 8. The summed E-state index contributed by atoms with van der Waals surface area (Å²) >= 11 is 1.90. The lowest BCUT2D eigenvalue weighted by Crippen LogP contribution is -1.94. The maximum absolute atomic E-state index is 4.90. The van der Waals surface area contributed by atoms with Gasteiger partial charge < -0.3 is 4.57 Å². The van der Waals surface area contributed by atoms with Crippen molar-refractivity contribution in [2.24, 2.45) is 0 Å². The van der Waals surface area contributed by atoms with Crippen molar-refractivity contribution in [3.63, 3.8) is 0 Å². The molecule has 0 aliphatic rings. The maximum Gasteiger partial charge on any atom is 0.0964 e. The molecule has 3 nitrogen and oxygen atoms in total. The first-order valence-corrected chi connectivity index (χ1v) is 17.0. The molecule has 0 unspecified atom stereocenters. The predicted molar refractivity (Wildman–Crippen MR) is 203 cm³/mol. The number of hydrogen-bond donors (Lipinski definition) is 0. The molecule has 4 heterocycles. The van der Waals surface area contributed by atoms with E-state index in [1.807, 2.05) is 29.8 Å². The minimum atomic E-state index is 0.931. The van der Waals surface area contributed by atoms with E-state index in [0.717, 1.165) is 38.6 Å².